The molecular formula is C20H23FN2OS. The van der Waals surface area contributed by atoms with Crippen LogP contribution in [0.1, 0.15) is 16.7 Å². The van der Waals surface area contributed by atoms with E-state index in [1.165, 1.54) is 29.2 Å². The Morgan fingerprint density at radius 3 is 2.72 bits per heavy atom. The molecule has 0 unspecified atom stereocenters. The number of halogens is 1. The molecule has 5 heteroatoms. The zero-order valence-corrected chi connectivity index (χ0v) is 15.2. The Morgan fingerprint density at radius 1 is 1.16 bits per heavy atom. The molecule has 1 aliphatic heterocycles. The maximum Gasteiger partial charge on any atom is 0.228 e. The van der Waals surface area contributed by atoms with Crippen molar-refractivity contribution in [2.75, 3.05) is 29.9 Å². The highest BCUT2D eigenvalue weighted by atomic mass is 32.2. The van der Waals surface area contributed by atoms with Crippen molar-refractivity contribution in [1.29, 1.82) is 0 Å². The third-order valence-electron chi connectivity index (χ3n) is 4.34. The fourth-order valence-electron chi connectivity index (χ4n) is 2.95. The van der Waals surface area contributed by atoms with Gasteiger partial charge in [0.1, 0.15) is 5.82 Å². The number of nitrogens with one attached hydrogen (secondary N) is 1. The van der Waals surface area contributed by atoms with Crippen LogP contribution in [-0.4, -0.2) is 35.4 Å². The maximum atomic E-state index is 13.2. The first-order chi connectivity index (χ1) is 12.1. The highest BCUT2D eigenvalue weighted by Crippen LogP contribution is 2.20. The van der Waals surface area contributed by atoms with Gasteiger partial charge in [-0.25, -0.2) is 4.39 Å². The van der Waals surface area contributed by atoms with Crippen molar-refractivity contribution >= 4 is 23.4 Å². The Hall–Kier alpha value is -1.85. The first-order valence-electron chi connectivity index (χ1n) is 8.54. The van der Waals surface area contributed by atoms with E-state index >= 15 is 0 Å². The van der Waals surface area contributed by atoms with Gasteiger partial charge in [-0.1, -0.05) is 24.3 Å². The van der Waals surface area contributed by atoms with Gasteiger partial charge >= 0.3 is 0 Å². The predicted molar refractivity (Wildman–Crippen MR) is 103 cm³/mol. The standard InChI is InChI=1S/C20H23FN2OS/c1-15-5-6-17(14-23-7-9-25-10-8-23)12-19(15)22-20(24)13-16-3-2-4-18(21)11-16/h2-6,11-12H,7-10,13-14H2,1H3,(H,22,24). The number of thioether (sulfide) groups is 1. The van der Waals surface area contributed by atoms with E-state index in [-0.39, 0.29) is 18.1 Å². The minimum absolute atomic E-state index is 0.125. The van der Waals surface area contributed by atoms with Crippen LogP contribution in [0.3, 0.4) is 0 Å². The summed E-state index contributed by atoms with van der Waals surface area (Å²) in [5.41, 5.74) is 3.76. The van der Waals surface area contributed by atoms with Crippen molar-refractivity contribution < 1.29 is 9.18 Å². The lowest BCUT2D eigenvalue weighted by molar-refractivity contribution is -0.115. The van der Waals surface area contributed by atoms with E-state index in [0.717, 1.165) is 30.9 Å². The van der Waals surface area contributed by atoms with Gasteiger partial charge in [0.05, 0.1) is 6.42 Å². The van der Waals surface area contributed by atoms with Gasteiger partial charge < -0.3 is 5.32 Å². The molecule has 2 aromatic rings. The van der Waals surface area contributed by atoms with Gasteiger partial charge in [0.25, 0.3) is 0 Å². The lowest BCUT2D eigenvalue weighted by Gasteiger charge is -2.26. The van der Waals surface area contributed by atoms with Crippen LogP contribution in [0.5, 0.6) is 0 Å². The van der Waals surface area contributed by atoms with Crippen LogP contribution in [0, 0.1) is 12.7 Å². The van der Waals surface area contributed by atoms with E-state index in [2.05, 4.69) is 22.3 Å². The molecule has 0 spiro atoms. The molecule has 1 N–H and O–H groups in total. The number of hydrogen-bond donors (Lipinski definition) is 1. The molecule has 0 atom stereocenters. The first-order valence-corrected chi connectivity index (χ1v) is 9.69. The van der Waals surface area contributed by atoms with Crippen LogP contribution in [-0.2, 0) is 17.8 Å². The lowest BCUT2D eigenvalue weighted by Crippen LogP contribution is -2.32. The first kappa shape index (κ1) is 18.0. The molecule has 132 valence electrons. The summed E-state index contributed by atoms with van der Waals surface area (Å²) in [6.07, 6.45) is 0.171. The van der Waals surface area contributed by atoms with Gasteiger partial charge in [0.2, 0.25) is 5.91 Å². The Balaban J connectivity index is 1.64. The van der Waals surface area contributed by atoms with Crippen molar-refractivity contribution in [3.8, 4) is 0 Å². The van der Waals surface area contributed by atoms with E-state index in [9.17, 15) is 9.18 Å². The third kappa shape index (κ3) is 5.31. The number of aryl methyl sites for hydroxylation is 1. The van der Waals surface area contributed by atoms with E-state index < -0.39 is 0 Å². The molecule has 0 aromatic heterocycles. The number of amides is 1. The number of rotatable bonds is 5. The van der Waals surface area contributed by atoms with Crippen molar-refractivity contribution in [3.63, 3.8) is 0 Å². The molecule has 0 radical (unpaired) electrons. The van der Waals surface area contributed by atoms with E-state index in [4.69, 9.17) is 0 Å². The van der Waals surface area contributed by atoms with Gasteiger partial charge in [-0.3, -0.25) is 9.69 Å². The second-order valence-electron chi connectivity index (χ2n) is 6.39. The van der Waals surface area contributed by atoms with E-state index in [1.807, 2.05) is 24.8 Å². The second-order valence-corrected chi connectivity index (χ2v) is 7.62. The van der Waals surface area contributed by atoms with Gasteiger partial charge in [0, 0.05) is 36.8 Å². The van der Waals surface area contributed by atoms with Crippen LogP contribution < -0.4 is 5.32 Å². The van der Waals surface area contributed by atoms with Crippen molar-refractivity contribution in [1.82, 2.24) is 4.90 Å². The summed E-state index contributed by atoms with van der Waals surface area (Å²) in [6, 6.07) is 12.4. The molecule has 3 nitrogen and oxygen atoms in total. The average Bonchev–Trinajstić information content (AvgIpc) is 2.59. The number of anilines is 1. The molecule has 0 bridgehead atoms. The van der Waals surface area contributed by atoms with Crippen LogP contribution in [0.15, 0.2) is 42.5 Å². The highest BCUT2D eigenvalue weighted by molar-refractivity contribution is 7.99. The monoisotopic (exact) mass is 358 g/mol. The minimum Gasteiger partial charge on any atom is -0.326 e. The zero-order valence-electron chi connectivity index (χ0n) is 14.4. The second kappa shape index (κ2) is 8.50. The molecule has 0 saturated carbocycles. The Morgan fingerprint density at radius 2 is 1.96 bits per heavy atom. The van der Waals surface area contributed by atoms with Gasteiger partial charge in [-0.05, 0) is 41.8 Å². The summed E-state index contributed by atoms with van der Waals surface area (Å²) < 4.78 is 13.2. The molecular weight excluding hydrogens is 335 g/mol. The third-order valence-corrected chi connectivity index (χ3v) is 5.28. The zero-order chi connectivity index (χ0) is 17.6. The lowest BCUT2D eigenvalue weighted by atomic mass is 10.1. The fourth-order valence-corrected chi connectivity index (χ4v) is 3.93. The van der Waals surface area contributed by atoms with E-state index in [0.29, 0.717) is 5.56 Å². The van der Waals surface area contributed by atoms with Gasteiger partial charge in [-0.2, -0.15) is 11.8 Å². The average molecular weight is 358 g/mol. The SMILES string of the molecule is Cc1ccc(CN2CCSCC2)cc1NC(=O)Cc1cccc(F)c1. The summed E-state index contributed by atoms with van der Waals surface area (Å²) in [6.45, 7) is 5.12. The van der Waals surface area contributed by atoms with Crippen molar-refractivity contribution in [2.24, 2.45) is 0 Å². The fraction of sp³-hybridized carbons (Fsp3) is 0.350. The van der Waals surface area contributed by atoms with Crippen molar-refractivity contribution in [3.05, 3.63) is 65.0 Å². The van der Waals surface area contributed by atoms with Crippen LogP contribution in [0.4, 0.5) is 10.1 Å². The summed E-state index contributed by atoms with van der Waals surface area (Å²) in [5, 5.41) is 2.97. The molecule has 1 fully saturated rings. The maximum absolute atomic E-state index is 13.2. The molecule has 25 heavy (non-hydrogen) atoms. The normalized spacial score (nSPS) is 15.1. The topological polar surface area (TPSA) is 32.3 Å². The summed E-state index contributed by atoms with van der Waals surface area (Å²) in [5.74, 6) is 1.93. The Kier molecular flexibility index (Phi) is 6.10. The summed E-state index contributed by atoms with van der Waals surface area (Å²) in [7, 11) is 0. The number of carbonyl (C=O) groups excluding carboxylic acids is 1. The minimum atomic E-state index is -0.317. The quantitative estimate of drug-likeness (QED) is 0.881. The molecule has 0 aliphatic carbocycles. The number of hydrogen-bond acceptors (Lipinski definition) is 3. The van der Waals surface area contributed by atoms with Gasteiger partial charge in [0.15, 0.2) is 0 Å². The predicted octanol–water partition coefficient (Wildman–Crippen LogP) is 3.86. The number of nitrogens with zero attached hydrogens (tertiary/aromatic N) is 1. The largest absolute Gasteiger partial charge is 0.326 e. The van der Waals surface area contributed by atoms with Gasteiger partial charge in [-0.15, -0.1) is 0 Å². The van der Waals surface area contributed by atoms with Crippen LogP contribution in [0.25, 0.3) is 0 Å². The Labute approximate surface area is 152 Å². The number of benzene rings is 2. The molecule has 1 amide bonds. The van der Waals surface area contributed by atoms with Crippen LogP contribution in [0.2, 0.25) is 0 Å². The molecule has 1 aliphatic rings. The summed E-state index contributed by atoms with van der Waals surface area (Å²) >= 11 is 2.00. The summed E-state index contributed by atoms with van der Waals surface area (Å²) in [4.78, 5) is 14.7. The van der Waals surface area contributed by atoms with Crippen molar-refractivity contribution in [2.45, 2.75) is 19.9 Å². The smallest absolute Gasteiger partial charge is 0.228 e. The molecule has 2 aromatic carbocycles. The molecule has 1 heterocycles. The van der Waals surface area contributed by atoms with E-state index in [1.54, 1.807) is 12.1 Å². The Bertz CT molecular complexity index is 744. The number of carbonyl (C=O) groups is 1. The highest BCUT2D eigenvalue weighted by Gasteiger charge is 2.12. The molecule has 3 rings (SSSR count). The molecule has 1 saturated heterocycles. The van der Waals surface area contributed by atoms with Crippen LogP contribution >= 0.6 is 11.8 Å².